The van der Waals surface area contributed by atoms with Gasteiger partial charge in [0.05, 0.1) is 6.54 Å². The Morgan fingerprint density at radius 1 is 1.40 bits per heavy atom. The predicted molar refractivity (Wildman–Crippen MR) is 39.0 cm³/mol. The highest BCUT2D eigenvalue weighted by molar-refractivity contribution is 5.77. The maximum absolute atomic E-state index is 12.4. The molecular formula is C6H9F5N2O2. The molecule has 9 heteroatoms. The summed E-state index contributed by atoms with van der Waals surface area (Å²) in [6, 6.07) is 0. The fourth-order valence-electron chi connectivity index (χ4n) is 0.511. The molecule has 4 nitrogen and oxygen atoms in total. The second-order valence-corrected chi connectivity index (χ2v) is 2.39. The average Bonchev–Trinajstić information content (AvgIpc) is 2.15. The molecule has 0 bridgehead atoms. The van der Waals surface area contributed by atoms with E-state index in [1.54, 1.807) is 5.32 Å². The molecule has 15 heavy (non-hydrogen) atoms. The quantitative estimate of drug-likeness (QED) is 0.512. The minimum Gasteiger partial charge on any atom is -0.332 e. The van der Waals surface area contributed by atoms with Gasteiger partial charge in [-0.05, 0) is 0 Å². The van der Waals surface area contributed by atoms with E-state index >= 15 is 0 Å². The first-order valence-electron chi connectivity index (χ1n) is 3.72. The first-order valence-corrected chi connectivity index (χ1v) is 3.72. The van der Waals surface area contributed by atoms with Gasteiger partial charge in [-0.2, -0.15) is 8.78 Å². The van der Waals surface area contributed by atoms with Crippen molar-refractivity contribution in [2.24, 2.45) is 5.73 Å². The van der Waals surface area contributed by atoms with E-state index in [0.29, 0.717) is 0 Å². The normalized spacial score (nSPS) is 14.1. The molecule has 0 saturated carbocycles. The van der Waals surface area contributed by atoms with Gasteiger partial charge in [-0.25, -0.2) is 13.2 Å². The van der Waals surface area contributed by atoms with Crippen molar-refractivity contribution in [1.82, 2.24) is 5.32 Å². The second kappa shape index (κ2) is 5.81. The van der Waals surface area contributed by atoms with Gasteiger partial charge in [-0.3, -0.25) is 9.53 Å². The van der Waals surface area contributed by atoms with Crippen LogP contribution in [0.15, 0.2) is 0 Å². The Kier molecular flexibility index (Phi) is 5.44. The number of rotatable bonds is 6. The Hall–Kier alpha value is -0.960. The van der Waals surface area contributed by atoms with Gasteiger partial charge < -0.3 is 11.1 Å². The number of amides is 1. The molecule has 0 aliphatic rings. The van der Waals surface area contributed by atoms with Gasteiger partial charge in [0.1, 0.15) is 6.73 Å². The fraction of sp³-hybridized carbons (Fsp3) is 0.833. The highest BCUT2D eigenvalue weighted by atomic mass is 19.3. The van der Waals surface area contributed by atoms with Crippen LogP contribution in [0.25, 0.3) is 0 Å². The predicted octanol–water partition coefficient (Wildman–Crippen LogP) is 0.231. The molecule has 0 rings (SSSR count). The lowest BCUT2D eigenvalue weighted by Gasteiger charge is -2.20. The number of nitrogens with one attached hydrogen (secondary N) is 1. The molecule has 0 aliphatic carbocycles. The van der Waals surface area contributed by atoms with Crippen molar-refractivity contribution >= 4 is 5.91 Å². The van der Waals surface area contributed by atoms with Gasteiger partial charge in [0.25, 0.3) is 12.6 Å². The lowest BCUT2D eigenvalue weighted by atomic mass is 10.4. The summed E-state index contributed by atoms with van der Waals surface area (Å²) in [5.41, 5.74) is 4.78. The summed E-state index contributed by atoms with van der Waals surface area (Å²) in [5, 5.41) is 1.70. The van der Waals surface area contributed by atoms with E-state index < -0.39 is 37.9 Å². The molecule has 0 spiro atoms. The Morgan fingerprint density at radius 2 is 1.93 bits per heavy atom. The molecule has 0 radical (unpaired) electrons. The monoisotopic (exact) mass is 236 g/mol. The van der Waals surface area contributed by atoms with E-state index in [1.165, 1.54) is 0 Å². The molecule has 3 N–H and O–H groups in total. The first-order chi connectivity index (χ1) is 6.81. The van der Waals surface area contributed by atoms with Crippen LogP contribution in [0.4, 0.5) is 22.0 Å². The molecule has 0 fully saturated rings. The third kappa shape index (κ3) is 4.88. The van der Waals surface area contributed by atoms with E-state index in [4.69, 9.17) is 5.73 Å². The number of carbonyl (C=O) groups excluding carboxylic acids is 1. The van der Waals surface area contributed by atoms with Gasteiger partial charge in [0.2, 0.25) is 5.91 Å². The summed E-state index contributed by atoms with van der Waals surface area (Å²) >= 11 is 0. The highest BCUT2D eigenvalue weighted by Crippen LogP contribution is 2.27. The Balaban J connectivity index is 3.98. The number of alkyl halides is 5. The Bertz CT molecular complexity index is 214. The van der Waals surface area contributed by atoms with Crippen LogP contribution in [0.5, 0.6) is 0 Å². The molecular weight excluding hydrogens is 227 g/mol. The minimum atomic E-state index is -4.66. The van der Waals surface area contributed by atoms with Crippen molar-refractivity contribution in [2.75, 3.05) is 13.3 Å². The summed E-state index contributed by atoms with van der Waals surface area (Å²) in [6.45, 7) is -1.58. The summed E-state index contributed by atoms with van der Waals surface area (Å²) < 4.78 is 63.4. The minimum absolute atomic E-state index is 0.483. The van der Waals surface area contributed by atoms with Crippen molar-refractivity contribution in [3.63, 3.8) is 0 Å². The summed E-state index contributed by atoms with van der Waals surface area (Å²) in [5.74, 6) is -0.835. The van der Waals surface area contributed by atoms with Crippen LogP contribution in [0, 0.1) is 0 Å². The number of hydrogen-bond acceptors (Lipinski definition) is 3. The molecule has 1 amide bonds. The molecule has 0 aromatic rings. The maximum atomic E-state index is 12.4. The number of nitrogens with two attached hydrogens (primary N) is 1. The highest BCUT2D eigenvalue weighted by Gasteiger charge is 2.47. The van der Waals surface area contributed by atoms with E-state index in [1.807, 2.05) is 0 Å². The molecule has 1 atom stereocenters. The van der Waals surface area contributed by atoms with Crippen LogP contribution < -0.4 is 11.1 Å². The van der Waals surface area contributed by atoms with Gasteiger partial charge >= 0.3 is 6.11 Å². The Morgan fingerprint density at radius 3 is 2.33 bits per heavy atom. The van der Waals surface area contributed by atoms with E-state index in [-0.39, 0.29) is 0 Å². The first kappa shape index (κ1) is 14.0. The SMILES string of the molecule is NCC(=O)NCOC(F)(F)C(F)C(F)F. The molecule has 0 aromatic heterocycles. The van der Waals surface area contributed by atoms with Crippen LogP contribution in [-0.4, -0.2) is 37.9 Å². The van der Waals surface area contributed by atoms with Crippen molar-refractivity contribution in [2.45, 2.75) is 18.7 Å². The smallest absolute Gasteiger partial charge is 0.332 e. The van der Waals surface area contributed by atoms with Crippen LogP contribution in [0.2, 0.25) is 0 Å². The van der Waals surface area contributed by atoms with Crippen LogP contribution in [0.1, 0.15) is 0 Å². The lowest BCUT2D eigenvalue weighted by Crippen LogP contribution is -2.42. The largest absolute Gasteiger partial charge is 0.394 e. The maximum Gasteiger partial charge on any atom is 0.394 e. The zero-order valence-electron chi connectivity index (χ0n) is 7.35. The van der Waals surface area contributed by atoms with Crippen LogP contribution >= 0.6 is 0 Å². The summed E-state index contributed by atoms with van der Waals surface area (Å²) in [4.78, 5) is 10.4. The van der Waals surface area contributed by atoms with Gasteiger partial charge in [0, 0.05) is 0 Å². The number of halogens is 5. The van der Waals surface area contributed by atoms with Crippen molar-refractivity contribution in [3.05, 3.63) is 0 Å². The zero-order chi connectivity index (χ0) is 12.1. The van der Waals surface area contributed by atoms with Crippen LogP contribution in [0.3, 0.4) is 0 Å². The van der Waals surface area contributed by atoms with Gasteiger partial charge in [-0.15, -0.1) is 0 Å². The summed E-state index contributed by atoms with van der Waals surface area (Å²) in [6.07, 6.45) is -12.3. The van der Waals surface area contributed by atoms with Gasteiger partial charge in [0.15, 0.2) is 0 Å². The summed E-state index contributed by atoms with van der Waals surface area (Å²) in [7, 11) is 0. The fourth-order valence-corrected chi connectivity index (χ4v) is 0.511. The van der Waals surface area contributed by atoms with Gasteiger partial charge in [-0.1, -0.05) is 0 Å². The molecule has 0 heterocycles. The zero-order valence-corrected chi connectivity index (χ0v) is 7.35. The van der Waals surface area contributed by atoms with Crippen molar-refractivity contribution < 1.29 is 31.5 Å². The molecule has 1 unspecified atom stereocenters. The van der Waals surface area contributed by atoms with E-state index in [9.17, 15) is 26.7 Å². The third-order valence-electron chi connectivity index (χ3n) is 1.26. The van der Waals surface area contributed by atoms with E-state index in [0.717, 1.165) is 0 Å². The topological polar surface area (TPSA) is 64.4 Å². The second-order valence-electron chi connectivity index (χ2n) is 2.39. The van der Waals surface area contributed by atoms with Crippen molar-refractivity contribution in [3.8, 4) is 0 Å². The number of ether oxygens (including phenoxy) is 1. The molecule has 0 aliphatic heterocycles. The molecule has 0 saturated heterocycles. The standard InChI is InChI=1S/C6H9F5N2O2/c7-4(5(8)9)6(10,11)15-2-13-3(14)1-12/h4-5H,1-2,12H2,(H,13,14). The number of carbonyl (C=O) groups is 1. The lowest BCUT2D eigenvalue weighted by molar-refractivity contribution is -0.293. The average molecular weight is 236 g/mol. The molecule has 90 valence electrons. The van der Waals surface area contributed by atoms with Crippen molar-refractivity contribution in [1.29, 1.82) is 0 Å². The van der Waals surface area contributed by atoms with E-state index in [2.05, 4.69) is 4.74 Å². The number of hydrogen-bond donors (Lipinski definition) is 2. The van der Waals surface area contributed by atoms with Crippen LogP contribution in [-0.2, 0) is 9.53 Å². The molecule has 0 aromatic carbocycles. The third-order valence-corrected chi connectivity index (χ3v) is 1.26. The Labute approximate surface area is 81.6 Å².